The van der Waals surface area contributed by atoms with E-state index in [0.29, 0.717) is 11.4 Å². The van der Waals surface area contributed by atoms with Crippen LogP contribution in [0.1, 0.15) is 11.7 Å². The van der Waals surface area contributed by atoms with Crippen molar-refractivity contribution in [3.8, 4) is 5.75 Å². The molecular weight excluding hydrogens is 218 g/mol. The smallest absolute Gasteiger partial charge is 0.334 e. The molecule has 0 radical (unpaired) electrons. The third kappa shape index (κ3) is 2.85. The van der Waals surface area contributed by atoms with Gasteiger partial charge in [0.2, 0.25) is 0 Å². The summed E-state index contributed by atoms with van der Waals surface area (Å²) in [5.74, 6) is -0.103. The molecule has 2 rings (SSSR count). The molecule has 0 aliphatic carbocycles. The van der Waals surface area contributed by atoms with E-state index in [0.717, 1.165) is 0 Å². The quantitative estimate of drug-likeness (QED) is 0.629. The second-order valence-electron chi connectivity index (χ2n) is 3.34. The summed E-state index contributed by atoms with van der Waals surface area (Å²) < 4.78 is 5.10. The summed E-state index contributed by atoms with van der Waals surface area (Å²) >= 11 is 0. The molecule has 0 amide bonds. The van der Waals surface area contributed by atoms with Gasteiger partial charge >= 0.3 is 5.97 Å². The number of rotatable bonds is 3. The molecule has 1 heterocycles. The van der Waals surface area contributed by atoms with Crippen LogP contribution >= 0.6 is 0 Å². The van der Waals surface area contributed by atoms with Gasteiger partial charge < -0.3 is 10.5 Å². The first-order valence-electron chi connectivity index (χ1n) is 5.05. The van der Waals surface area contributed by atoms with Gasteiger partial charge in [-0.3, -0.25) is 9.97 Å². The van der Waals surface area contributed by atoms with Crippen LogP contribution in [0.5, 0.6) is 5.75 Å². The lowest BCUT2D eigenvalue weighted by molar-refractivity contribution is -0.136. The van der Waals surface area contributed by atoms with Gasteiger partial charge in [0.25, 0.3) is 0 Å². The first-order valence-corrected chi connectivity index (χ1v) is 5.05. The first-order chi connectivity index (χ1) is 8.27. The van der Waals surface area contributed by atoms with Crippen molar-refractivity contribution in [1.29, 1.82) is 0 Å². The molecule has 1 aromatic heterocycles. The molecule has 0 saturated carbocycles. The summed E-state index contributed by atoms with van der Waals surface area (Å²) in [6.07, 6.45) is 4.43. The van der Waals surface area contributed by atoms with Crippen molar-refractivity contribution in [3.05, 3.63) is 54.6 Å². The molecule has 0 aliphatic heterocycles. The summed E-state index contributed by atoms with van der Waals surface area (Å²) in [4.78, 5) is 19.5. The number of nitrogens with zero attached hydrogens (tertiary/aromatic N) is 2. The third-order valence-corrected chi connectivity index (χ3v) is 2.12. The van der Waals surface area contributed by atoms with E-state index in [1.165, 1.54) is 18.6 Å². The van der Waals surface area contributed by atoms with Crippen LogP contribution < -0.4 is 10.5 Å². The SMILES string of the molecule is NC(C(=O)Oc1ccccc1)c1cnccn1. The zero-order valence-corrected chi connectivity index (χ0v) is 8.98. The highest BCUT2D eigenvalue weighted by Crippen LogP contribution is 2.13. The van der Waals surface area contributed by atoms with Gasteiger partial charge in [-0.1, -0.05) is 18.2 Å². The van der Waals surface area contributed by atoms with Gasteiger partial charge in [0.05, 0.1) is 11.9 Å². The van der Waals surface area contributed by atoms with Gasteiger partial charge in [-0.05, 0) is 12.1 Å². The summed E-state index contributed by atoms with van der Waals surface area (Å²) in [6.45, 7) is 0. The standard InChI is InChI=1S/C12H11N3O2/c13-11(10-8-14-6-7-15-10)12(16)17-9-4-2-1-3-5-9/h1-8,11H,13H2. The molecule has 86 valence electrons. The van der Waals surface area contributed by atoms with Crippen LogP contribution in [0.15, 0.2) is 48.9 Å². The minimum absolute atomic E-state index is 0.383. The second-order valence-corrected chi connectivity index (χ2v) is 3.34. The number of ether oxygens (including phenoxy) is 1. The first kappa shape index (κ1) is 11.2. The number of carbonyl (C=O) groups is 1. The number of aromatic nitrogens is 2. The molecule has 0 aliphatic rings. The summed E-state index contributed by atoms with van der Waals surface area (Å²) in [7, 11) is 0. The number of esters is 1. The Hall–Kier alpha value is -2.27. The molecule has 0 spiro atoms. The van der Waals surface area contributed by atoms with Crippen molar-refractivity contribution in [2.75, 3.05) is 0 Å². The van der Waals surface area contributed by atoms with Crippen LogP contribution in [0, 0.1) is 0 Å². The Labute approximate surface area is 98.3 Å². The third-order valence-electron chi connectivity index (χ3n) is 2.12. The molecule has 0 fully saturated rings. The molecule has 2 aromatic rings. The van der Waals surface area contributed by atoms with Gasteiger partial charge in [0.15, 0.2) is 0 Å². The Morgan fingerprint density at radius 2 is 2.00 bits per heavy atom. The van der Waals surface area contributed by atoms with Crippen molar-refractivity contribution in [3.63, 3.8) is 0 Å². The van der Waals surface area contributed by atoms with Crippen molar-refractivity contribution in [2.24, 2.45) is 5.73 Å². The highest BCUT2D eigenvalue weighted by molar-refractivity contribution is 5.78. The van der Waals surface area contributed by atoms with Crippen molar-refractivity contribution < 1.29 is 9.53 Å². The van der Waals surface area contributed by atoms with Crippen LogP contribution in [0.4, 0.5) is 0 Å². The average Bonchev–Trinajstić information content (AvgIpc) is 2.40. The zero-order valence-electron chi connectivity index (χ0n) is 8.98. The van der Waals surface area contributed by atoms with Crippen LogP contribution in [-0.2, 0) is 4.79 Å². The highest BCUT2D eigenvalue weighted by atomic mass is 16.5. The summed E-state index contributed by atoms with van der Waals surface area (Å²) in [5.41, 5.74) is 6.09. The number of para-hydroxylation sites is 1. The van der Waals surface area contributed by atoms with E-state index in [9.17, 15) is 4.79 Å². The number of carbonyl (C=O) groups excluding carboxylic acids is 1. The fraction of sp³-hybridized carbons (Fsp3) is 0.0833. The van der Waals surface area contributed by atoms with Crippen LogP contribution in [0.3, 0.4) is 0 Å². The molecule has 0 saturated heterocycles. The highest BCUT2D eigenvalue weighted by Gasteiger charge is 2.19. The maximum atomic E-state index is 11.7. The van der Waals surface area contributed by atoms with Crippen molar-refractivity contribution >= 4 is 5.97 Å². The van der Waals surface area contributed by atoms with Crippen LogP contribution in [0.2, 0.25) is 0 Å². The maximum Gasteiger partial charge on any atom is 0.334 e. The van der Waals surface area contributed by atoms with E-state index in [4.69, 9.17) is 10.5 Å². The second kappa shape index (κ2) is 5.18. The summed E-state index contributed by atoms with van der Waals surface area (Å²) in [6, 6.07) is 7.82. The predicted molar refractivity (Wildman–Crippen MR) is 61.0 cm³/mol. The largest absolute Gasteiger partial charge is 0.425 e. The molecule has 5 heteroatoms. The van der Waals surface area contributed by atoms with E-state index < -0.39 is 12.0 Å². The molecule has 1 atom stereocenters. The molecular formula is C12H11N3O2. The van der Waals surface area contributed by atoms with Crippen LogP contribution in [0.25, 0.3) is 0 Å². The lowest BCUT2D eigenvalue weighted by Crippen LogP contribution is -2.26. The number of benzene rings is 1. The fourth-order valence-electron chi connectivity index (χ4n) is 1.26. The average molecular weight is 229 g/mol. The molecule has 2 N–H and O–H groups in total. The number of hydrogen-bond acceptors (Lipinski definition) is 5. The molecule has 0 bridgehead atoms. The van der Waals surface area contributed by atoms with Crippen molar-refractivity contribution in [1.82, 2.24) is 9.97 Å². The Kier molecular flexibility index (Phi) is 3.42. The van der Waals surface area contributed by atoms with Gasteiger partial charge in [-0.25, -0.2) is 4.79 Å². The minimum Gasteiger partial charge on any atom is -0.425 e. The van der Waals surface area contributed by atoms with E-state index in [2.05, 4.69) is 9.97 Å². The van der Waals surface area contributed by atoms with Gasteiger partial charge in [-0.15, -0.1) is 0 Å². The fourth-order valence-corrected chi connectivity index (χ4v) is 1.26. The summed E-state index contributed by atoms with van der Waals surface area (Å²) in [5, 5.41) is 0. The monoisotopic (exact) mass is 229 g/mol. The lowest BCUT2D eigenvalue weighted by Gasteiger charge is -2.09. The topological polar surface area (TPSA) is 78.1 Å². The maximum absolute atomic E-state index is 11.7. The number of hydrogen-bond donors (Lipinski definition) is 1. The zero-order chi connectivity index (χ0) is 12.1. The molecule has 5 nitrogen and oxygen atoms in total. The normalized spacial score (nSPS) is 11.8. The Bertz CT molecular complexity index is 488. The van der Waals surface area contributed by atoms with Crippen molar-refractivity contribution in [2.45, 2.75) is 6.04 Å². The van der Waals surface area contributed by atoms with Gasteiger partial charge in [0.1, 0.15) is 11.8 Å². The van der Waals surface area contributed by atoms with E-state index in [1.54, 1.807) is 24.3 Å². The minimum atomic E-state index is -0.927. The predicted octanol–water partition coefficient (Wildman–Crippen LogP) is 1.08. The van der Waals surface area contributed by atoms with E-state index in [-0.39, 0.29) is 0 Å². The Morgan fingerprint density at radius 1 is 1.24 bits per heavy atom. The van der Waals surface area contributed by atoms with E-state index >= 15 is 0 Å². The van der Waals surface area contributed by atoms with Gasteiger partial charge in [-0.2, -0.15) is 0 Å². The van der Waals surface area contributed by atoms with E-state index in [1.807, 2.05) is 6.07 Å². The number of nitrogens with two attached hydrogens (primary N) is 1. The molecule has 1 unspecified atom stereocenters. The Balaban J connectivity index is 2.06. The van der Waals surface area contributed by atoms with Crippen LogP contribution in [-0.4, -0.2) is 15.9 Å². The van der Waals surface area contributed by atoms with Gasteiger partial charge in [0, 0.05) is 12.4 Å². The molecule has 1 aromatic carbocycles. The molecule has 17 heavy (non-hydrogen) atoms. The lowest BCUT2D eigenvalue weighted by atomic mass is 10.2. The Morgan fingerprint density at radius 3 is 2.65 bits per heavy atom.